The predicted molar refractivity (Wildman–Crippen MR) is 83.4 cm³/mol. The van der Waals surface area contributed by atoms with E-state index in [0.29, 0.717) is 5.54 Å². The van der Waals surface area contributed by atoms with Crippen molar-refractivity contribution in [3.8, 4) is 0 Å². The van der Waals surface area contributed by atoms with Crippen LogP contribution in [0.5, 0.6) is 0 Å². The Hall–Kier alpha value is -0.0800. The van der Waals surface area contributed by atoms with Crippen LogP contribution in [0.2, 0.25) is 0 Å². The molecule has 0 bridgehead atoms. The van der Waals surface area contributed by atoms with E-state index in [2.05, 4.69) is 44.8 Å². The van der Waals surface area contributed by atoms with Gasteiger partial charge in [0.15, 0.2) is 0 Å². The molecular weight excluding hydrogens is 232 g/mol. The second-order valence-corrected chi connectivity index (χ2v) is 7.74. The Balaban J connectivity index is 2.02. The highest BCUT2D eigenvalue weighted by Crippen LogP contribution is 2.37. The van der Waals surface area contributed by atoms with Gasteiger partial charge in [0.1, 0.15) is 0 Å². The fourth-order valence-electron chi connectivity index (χ4n) is 4.47. The van der Waals surface area contributed by atoms with Crippen molar-refractivity contribution in [1.82, 2.24) is 10.2 Å². The molecule has 2 rings (SSSR count). The first-order valence-electron chi connectivity index (χ1n) is 8.42. The van der Waals surface area contributed by atoms with Crippen LogP contribution < -0.4 is 5.32 Å². The first-order chi connectivity index (χ1) is 8.94. The van der Waals surface area contributed by atoms with Gasteiger partial charge in [-0.2, -0.15) is 0 Å². The number of nitrogens with zero attached hydrogens (tertiary/aromatic N) is 1. The summed E-state index contributed by atoms with van der Waals surface area (Å²) < 4.78 is 0. The van der Waals surface area contributed by atoms with Crippen molar-refractivity contribution >= 4 is 0 Å². The van der Waals surface area contributed by atoms with Gasteiger partial charge >= 0.3 is 0 Å². The van der Waals surface area contributed by atoms with Crippen LogP contribution in [0.3, 0.4) is 0 Å². The maximum atomic E-state index is 3.77. The molecule has 0 aromatic rings. The van der Waals surface area contributed by atoms with E-state index in [1.807, 2.05) is 0 Å². The van der Waals surface area contributed by atoms with E-state index in [1.54, 1.807) is 0 Å². The van der Waals surface area contributed by atoms with Crippen molar-refractivity contribution in [3.63, 3.8) is 0 Å². The highest BCUT2D eigenvalue weighted by molar-refractivity contribution is 4.94. The van der Waals surface area contributed by atoms with Crippen LogP contribution in [-0.2, 0) is 0 Å². The molecule has 1 aliphatic heterocycles. The minimum absolute atomic E-state index is 0.430. The van der Waals surface area contributed by atoms with E-state index in [0.717, 1.165) is 30.3 Å². The Labute approximate surface area is 120 Å². The summed E-state index contributed by atoms with van der Waals surface area (Å²) in [6.07, 6.45) is 5.55. The molecule has 2 heteroatoms. The minimum atomic E-state index is 0.430. The molecule has 0 aromatic heterocycles. The molecule has 4 atom stereocenters. The number of rotatable bonds is 4. The molecule has 1 heterocycles. The van der Waals surface area contributed by atoms with Gasteiger partial charge in [0.05, 0.1) is 0 Å². The smallest absolute Gasteiger partial charge is 0.0153 e. The normalized spacial score (nSPS) is 39.6. The van der Waals surface area contributed by atoms with Gasteiger partial charge in [-0.15, -0.1) is 0 Å². The van der Waals surface area contributed by atoms with Crippen LogP contribution in [0.25, 0.3) is 0 Å². The summed E-state index contributed by atoms with van der Waals surface area (Å²) in [5.74, 6) is 2.60. The zero-order chi connectivity index (χ0) is 14.0. The van der Waals surface area contributed by atoms with Gasteiger partial charge in [0.2, 0.25) is 0 Å². The Morgan fingerprint density at radius 1 is 1.21 bits per heavy atom. The van der Waals surface area contributed by atoms with Crippen LogP contribution in [0.1, 0.15) is 60.3 Å². The third-order valence-electron chi connectivity index (χ3n) is 5.65. The highest BCUT2D eigenvalue weighted by Gasteiger charge is 2.39. The van der Waals surface area contributed by atoms with Gasteiger partial charge < -0.3 is 5.32 Å². The van der Waals surface area contributed by atoms with E-state index in [-0.39, 0.29) is 0 Å². The fourth-order valence-corrected chi connectivity index (χ4v) is 4.47. The monoisotopic (exact) mass is 266 g/mol. The van der Waals surface area contributed by atoms with Crippen molar-refractivity contribution in [2.24, 2.45) is 17.8 Å². The molecule has 2 aliphatic rings. The topological polar surface area (TPSA) is 15.3 Å². The first kappa shape index (κ1) is 15.3. The second kappa shape index (κ2) is 6.13. The molecule has 2 fully saturated rings. The molecule has 112 valence electrons. The molecule has 19 heavy (non-hydrogen) atoms. The van der Waals surface area contributed by atoms with Gasteiger partial charge in [-0.05, 0) is 70.4 Å². The van der Waals surface area contributed by atoms with E-state index < -0.39 is 0 Å². The maximum absolute atomic E-state index is 3.77. The fraction of sp³-hybridized carbons (Fsp3) is 1.00. The summed E-state index contributed by atoms with van der Waals surface area (Å²) in [6, 6.07) is 0.736. The highest BCUT2D eigenvalue weighted by atomic mass is 15.2. The van der Waals surface area contributed by atoms with Crippen LogP contribution in [0.4, 0.5) is 0 Å². The number of likely N-dealkylation sites (tertiary alicyclic amines) is 1. The van der Waals surface area contributed by atoms with Crippen LogP contribution >= 0.6 is 0 Å². The molecule has 2 nitrogen and oxygen atoms in total. The zero-order valence-corrected chi connectivity index (χ0v) is 13.7. The van der Waals surface area contributed by atoms with Crippen molar-refractivity contribution in [2.45, 2.75) is 71.9 Å². The lowest BCUT2D eigenvalue weighted by Gasteiger charge is -2.44. The summed E-state index contributed by atoms with van der Waals surface area (Å²) in [5.41, 5.74) is 0.430. The summed E-state index contributed by atoms with van der Waals surface area (Å²) in [6.45, 7) is 15.7. The Kier molecular flexibility index (Phi) is 4.94. The van der Waals surface area contributed by atoms with Crippen LogP contribution in [0.15, 0.2) is 0 Å². The van der Waals surface area contributed by atoms with Gasteiger partial charge in [-0.25, -0.2) is 0 Å². The average molecular weight is 266 g/mol. The molecule has 0 radical (unpaired) electrons. The summed E-state index contributed by atoms with van der Waals surface area (Å²) >= 11 is 0. The molecule has 0 spiro atoms. The van der Waals surface area contributed by atoms with Crippen molar-refractivity contribution < 1.29 is 0 Å². The van der Waals surface area contributed by atoms with Gasteiger partial charge in [-0.1, -0.05) is 20.8 Å². The van der Waals surface area contributed by atoms with Crippen molar-refractivity contribution in [1.29, 1.82) is 0 Å². The summed E-state index contributed by atoms with van der Waals surface area (Å²) in [7, 11) is 0. The summed E-state index contributed by atoms with van der Waals surface area (Å²) in [5, 5.41) is 3.77. The number of hydrogen-bond acceptors (Lipinski definition) is 2. The van der Waals surface area contributed by atoms with E-state index in [1.165, 1.54) is 38.8 Å². The summed E-state index contributed by atoms with van der Waals surface area (Å²) in [4.78, 5) is 2.76. The molecule has 1 N–H and O–H groups in total. The van der Waals surface area contributed by atoms with Gasteiger partial charge in [0.25, 0.3) is 0 Å². The van der Waals surface area contributed by atoms with Crippen molar-refractivity contribution in [3.05, 3.63) is 0 Å². The molecule has 1 aliphatic carbocycles. The van der Waals surface area contributed by atoms with Crippen LogP contribution in [-0.4, -0.2) is 36.1 Å². The lowest BCUT2D eigenvalue weighted by molar-refractivity contribution is 0.0728. The Morgan fingerprint density at radius 2 is 1.95 bits per heavy atom. The third-order valence-corrected chi connectivity index (χ3v) is 5.65. The predicted octanol–water partition coefficient (Wildman–Crippen LogP) is 3.52. The minimum Gasteiger partial charge on any atom is -0.314 e. The SMILES string of the molecule is CCNC1CC(C)CC(C)C1CN1CCCC1(C)C. The maximum Gasteiger partial charge on any atom is 0.0153 e. The standard InChI is InChI=1S/C17H34N2/c1-6-18-16-11-13(2)10-14(3)15(16)12-19-9-7-8-17(19,4)5/h13-16,18H,6-12H2,1-5H3. The molecule has 4 unspecified atom stereocenters. The van der Waals surface area contributed by atoms with E-state index >= 15 is 0 Å². The third kappa shape index (κ3) is 3.52. The van der Waals surface area contributed by atoms with E-state index in [9.17, 15) is 0 Å². The largest absolute Gasteiger partial charge is 0.314 e. The zero-order valence-electron chi connectivity index (χ0n) is 13.7. The molecular formula is C17H34N2. The van der Waals surface area contributed by atoms with E-state index in [4.69, 9.17) is 0 Å². The second-order valence-electron chi connectivity index (χ2n) is 7.74. The molecule has 1 saturated carbocycles. The molecule has 0 amide bonds. The first-order valence-corrected chi connectivity index (χ1v) is 8.42. The molecule has 1 saturated heterocycles. The quantitative estimate of drug-likeness (QED) is 0.837. The average Bonchev–Trinajstić information content (AvgIpc) is 2.63. The Morgan fingerprint density at radius 3 is 2.53 bits per heavy atom. The van der Waals surface area contributed by atoms with Gasteiger partial charge in [0, 0.05) is 18.1 Å². The molecule has 0 aromatic carbocycles. The van der Waals surface area contributed by atoms with Gasteiger partial charge in [-0.3, -0.25) is 4.90 Å². The van der Waals surface area contributed by atoms with Crippen LogP contribution in [0, 0.1) is 17.8 Å². The lowest BCUT2D eigenvalue weighted by atomic mass is 9.72. The number of nitrogens with one attached hydrogen (secondary N) is 1. The van der Waals surface area contributed by atoms with Crippen molar-refractivity contribution in [2.75, 3.05) is 19.6 Å². The number of hydrogen-bond donors (Lipinski definition) is 1. The Bertz CT molecular complexity index is 287. The lowest BCUT2D eigenvalue weighted by Crippen LogP contribution is -2.51.